The Morgan fingerprint density at radius 3 is 2.52 bits per heavy atom. The lowest BCUT2D eigenvalue weighted by Gasteiger charge is -2.43. The van der Waals surface area contributed by atoms with E-state index in [9.17, 15) is 0 Å². The fourth-order valence-corrected chi connectivity index (χ4v) is 4.07. The Labute approximate surface area is 155 Å². The maximum absolute atomic E-state index is 5.65. The Kier molecular flexibility index (Phi) is 9.04. The summed E-state index contributed by atoms with van der Waals surface area (Å²) >= 11 is 0. The van der Waals surface area contributed by atoms with Crippen LogP contribution in [0.3, 0.4) is 0 Å². The zero-order valence-electron chi connectivity index (χ0n) is 16.8. The topological polar surface area (TPSA) is 48.9 Å². The number of nitrogens with one attached hydrogen (secondary N) is 2. The normalized spacial score (nSPS) is 22.8. The highest BCUT2D eigenvalue weighted by molar-refractivity contribution is 5.80. The maximum atomic E-state index is 5.65. The summed E-state index contributed by atoms with van der Waals surface area (Å²) in [5.41, 5.74) is 0.211. The fourth-order valence-electron chi connectivity index (χ4n) is 4.07. The lowest BCUT2D eigenvalue weighted by molar-refractivity contribution is -0.0139. The molecule has 0 amide bonds. The van der Waals surface area contributed by atoms with Gasteiger partial charge in [0.2, 0.25) is 0 Å². The molecule has 25 heavy (non-hydrogen) atoms. The van der Waals surface area contributed by atoms with Crippen molar-refractivity contribution in [2.75, 3.05) is 39.4 Å². The van der Waals surface area contributed by atoms with Gasteiger partial charge in [0.15, 0.2) is 5.96 Å². The molecule has 0 spiro atoms. The minimum atomic E-state index is 0.211. The van der Waals surface area contributed by atoms with Gasteiger partial charge in [0.1, 0.15) is 0 Å². The van der Waals surface area contributed by atoms with Crippen molar-refractivity contribution < 1.29 is 4.74 Å². The van der Waals surface area contributed by atoms with Crippen LogP contribution in [-0.2, 0) is 4.74 Å². The van der Waals surface area contributed by atoms with E-state index in [1.807, 2.05) is 0 Å². The second kappa shape index (κ2) is 11.0. The summed E-state index contributed by atoms with van der Waals surface area (Å²) in [6.45, 7) is 12.7. The first kappa shape index (κ1) is 20.5. The van der Waals surface area contributed by atoms with Crippen LogP contribution in [0.15, 0.2) is 4.99 Å². The van der Waals surface area contributed by atoms with Crippen molar-refractivity contribution >= 4 is 5.96 Å². The Bertz CT molecular complexity index is 387. The molecule has 1 atom stereocenters. The van der Waals surface area contributed by atoms with Crippen molar-refractivity contribution in [2.45, 2.75) is 83.7 Å². The number of hydrogen-bond donors (Lipinski definition) is 2. The molecular formula is C20H40N4O. The molecule has 5 nitrogen and oxygen atoms in total. The highest BCUT2D eigenvalue weighted by Crippen LogP contribution is 2.31. The van der Waals surface area contributed by atoms with E-state index in [1.165, 1.54) is 51.6 Å². The summed E-state index contributed by atoms with van der Waals surface area (Å²) in [5, 5.41) is 7.05. The molecule has 0 aromatic rings. The molecule has 5 heteroatoms. The van der Waals surface area contributed by atoms with Crippen molar-refractivity contribution in [1.82, 2.24) is 15.5 Å². The van der Waals surface area contributed by atoms with Gasteiger partial charge < -0.3 is 15.4 Å². The number of nitrogens with zero attached hydrogens (tertiary/aromatic N) is 2. The van der Waals surface area contributed by atoms with Gasteiger partial charge in [-0.1, -0.05) is 26.2 Å². The van der Waals surface area contributed by atoms with E-state index in [4.69, 9.17) is 9.73 Å². The molecular weight excluding hydrogens is 312 g/mol. The second-order valence-electron chi connectivity index (χ2n) is 7.77. The first-order valence-corrected chi connectivity index (χ1v) is 10.6. The molecule has 2 saturated heterocycles. The molecule has 0 radical (unpaired) electrons. The molecule has 2 rings (SSSR count). The predicted molar refractivity (Wildman–Crippen MR) is 106 cm³/mol. The van der Waals surface area contributed by atoms with Gasteiger partial charge in [0, 0.05) is 31.3 Å². The molecule has 1 unspecified atom stereocenters. The molecule has 146 valence electrons. The highest BCUT2D eigenvalue weighted by atomic mass is 16.5. The number of guanidine groups is 1. The van der Waals surface area contributed by atoms with E-state index >= 15 is 0 Å². The minimum Gasteiger partial charge on any atom is -0.381 e. The lowest BCUT2D eigenvalue weighted by Crippen LogP contribution is -2.54. The molecule has 2 aliphatic heterocycles. The summed E-state index contributed by atoms with van der Waals surface area (Å²) in [4.78, 5) is 7.71. The first-order chi connectivity index (χ1) is 12.2. The lowest BCUT2D eigenvalue weighted by atomic mass is 9.88. The quantitative estimate of drug-likeness (QED) is 0.380. The summed E-state index contributed by atoms with van der Waals surface area (Å²) in [5.74, 6) is 0.983. The van der Waals surface area contributed by atoms with Gasteiger partial charge in [-0.2, -0.15) is 0 Å². The van der Waals surface area contributed by atoms with Crippen LogP contribution < -0.4 is 10.6 Å². The summed E-state index contributed by atoms with van der Waals surface area (Å²) in [6.07, 6.45) is 9.99. The van der Waals surface area contributed by atoms with E-state index in [0.717, 1.165) is 45.1 Å². The van der Waals surface area contributed by atoms with Gasteiger partial charge in [-0.05, 0) is 59.0 Å². The Balaban J connectivity index is 1.96. The molecule has 0 saturated carbocycles. The van der Waals surface area contributed by atoms with Gasteiger partial charge in [0.25, 0.3) is 0 Å². The fraction of sp³-hybridized carbons (Fsp3) is 0.950. The number of ether oxygens (including phenoxy) is 1. The minimum absolute atomic E-state index is 0.211. The molecule has 0 bridgehead atoms. The largest absolute Gasteiger partial charge is 0.381 e. The standard InChI is InChI=1S/C20H40N4O/c1-4-6-7-10-18(3)23-19(21-5-2)22-17-20(11-15-25-16-12-20)24-13-8-9-14-24/h18H,4-17H2,1-3H3,(H2,21,22,23). The average molecular weight is 353 g/mol. The number of aliphatic imine (C=N–C) groups is 1. The monoisotopic (exact) mass is 352 g/mol. The number of hydrogen-bond acceptors (Lipinski definition) is 3. The van der Waals surface area contributed by atoms with E-state index in [0.29, 0.717) is 6.04 Å². The maximum Gasteiger partial charge on any atom is 0.191 e. The third-order valence-electron chi connectivity index (χ3n) is 5.70. The average Bonchev–Trinajstić information content (AvgIpc) is 3.16. The van der Waals surface area contributed by atoms with Crippen molar-refractivity contribution in [1.29, 1.82) is 0 Å². The van der Waals surface area contributed by atoms with Crippen LogP contribution in [0.25, 0.3) is 0 Å². The van der Waals surface area contributed by atoms with Gasteiger partial charge in [0.05, 0.1) is 6.54 Å². The Morgan fingerprint density at radius 1 is 1.16 bits per heavy atom. The molecule has 2 fully saturated rings. The van der Waals surface area contributed by atoms with Crippen LogP contribution in [0.4, 0.5) is 0 Å². The highest BCUT2D eigenvalue weighted by Gasteiger charge is 2.39. The second-order valence-corrected chi connectivity index (χ2v) is 7.77. The number of unbranched alkanes of at least 4 members (excludes halogenated alkanes) is 2. The summed E-state index contributed by atoms with van der Waals surface area (Å²) in [6, 6.07) is 0.474. The van der Waals surface area contributed by atoms with E-state index < -0.39 is 0 Å². The zero-order chi connectivity index (χ0) is 18.0. The molecule has 2 heterocycles. The van der Waals surface area contributed by atoms with Crippen LogP contribution in [0.5, 0.6) is 0 Å². The van der Waals surface area contributed by atoms with Gasteiger partial charge >= 0.3 is 0 Å². The van der Waals surface area contributed by atoms with Crippen molar-refractivity contribution in [3.05, 3.63) is 0 Å². The summed E-state index contributed by atoms with van der Waals surface area (Å²) in [7, 11) is 0. The van der Waals surface area contributed by atoms with Crippen molar-refractivity contribution in [3.8, 4) is 0 Å². The van der Waals surface area contributed by atoms with Crippen LogP contribution >= 0.6 is 0 Å². The third-order valence-corrected chi connectivity index (χ3v) is 5.70. The Morgan fingerprint density at radius 2 is 1.88 bits per heavy atom. The van der Waals surface area contributed by atoms with Crippen LogP contribution in [0.2, 0.25) is 0 Å². The smallest absolute Gasteiger partial charge is 0.191 e. The predicted octanol–water partition coefficient (Wildman–Crippen LogP) is 3.16. The van der Waals surface area contributed by atoms with Crippen molar-refractivity contribution in [3.63, 3.8) is 0 Å². The molecule has 0 aromatic carbocycles. The van der Waals surface area contributed by atoms with Crippen molar-refractivity contribution in [2.24, 2.45) is 4.99 Å². The van der Waals surface area contributed by atoms with E-state index in [2.05, 4.69) is 36.3 Å². The van der Waals surface area contributed by atoms with Gasteiger partial charge in [-0.25, -0.2) is 0 Å². The zero-order valence-corrected chi connectivity index (χ0v) is 16.8. The molecule has 2 aliphatic rings. The number of likely N-dealkylation sites (tertiary alicyclic amines) is 1. The SMILES string of the molecule is CCCCCC(C)NC(=NCC1(N2CCCC2)CCOCC1)NCC. The van der Waals surface area contributed by atoms with Gasteiger partial charge in [-0.15, -0.1) is 0 Å². The van der Waals surface area contributed by atoms with E-state index in [1.54, 1.807) is 0 Å². The number of rotatable bonds is 9. The summed E-state index contributed by atoms with van der Waals surface area (Å²) < 4.78 is 5.65. The van der Waals surface area contributed by atoms with Gasteiger partial charge in [-0.3, -0.25) is 9.89 Å². The van der Waals surface area contributed by atoms with Crippen LogP contribution in [0.1, 0.15) is 72.1 Å². The first-order valence-electron chi connectivity index (χ1n) is 10.6. The third kappa shape index (κ3) is 6.45. The van der Waals surface area contributed by atoms with Crippen LogP contribution in [-0.4, -0.2) is 61.8 Å². The molecule has 2 N–H and O–H groups in total. The van der Waals surface area contributed by atoms with Crippen LogP contribution in [0, 0.1) is 0 Å². The molecule has 0 aliphatic carbocycles. The van der Waals surface area contributed by atoms with E-state index in [-0.39, 0.29) is 5.54 Å². The molecule has 0 aromatic heterocycles. The Hall–Kier alpha value is -0.810.